The van der Waals surface area contributed by atoms with Crippen LogP contribution >= 0.6 is 11.8 Å². The van der Waals surface area contributed by atoms with Crippen LogP contribution < -0.4 is 0 Å². The monoisotopic (exact) mass is 210 g/mol. The van der Waals surface area contributed by atoms with Crippen molar-refractivity contribution in [1.82, 2.24) is 0 Å². The molecule has 1 aromatic carbocycles. The summed E-state index contributed by atoms with van der Waals surface area (Å²) < 4.78 is 10.3. The van der Waals surface area contributed by atoms with Crippen LogP contribution in [0.5, 0.6) is 0 Å². The molecular formula is C10H10O3S. The first-order chi connectivity index (χ1) is 6.86. The summed E-state index contributed by atoms with van der Waals surface area (Å²) in [5.41, 5.74) is 0.131. The van der Waals surface area contributed by atoms with E-state index >= 15 is 0 Å². The van der Waals surface area contributed by atoms with Gasteiger partial charge in [-0.2, -0.15) is 0 Å². The number of thioether (sulfide) groups is 1. The molecule has 1 aliphatic rings. The molecule has 14 heavy (non-hydrogen) atoms. The Hall–Kier alpha value is -1.00. The van der Waals surface area contributed by atoms with E-state index in [9.17, 15) is 4.79 Å². The summed E-state index contributed by atoms with van der Waals surface area (Å²) in [7, 11) is 0. The average Bonchev–Trinajstić information content (AvgIpc) is 2.72. The van der Waals surface area contributed by atoms with Crippen molar-refractivity contribution >= 4 is 17.7 Å². The van der Waals surface area contributed by atoms with E-state index < -0.39 is 5.62 Å². The Bertz CT molecular complexity index is 306. The molecule has 1 saturated heterocycles. The van der Waals surface area contributed by atoms with Crippen molar-refractivity contribution < 1.29 is 14.3 Å². The molecule has 4 heteroatoms. The molecular weight excluding hydrogens is 200 g/mol. The van der Waals surface area contributed by atoms with Gasteiger partial charge in [0.2, 0.25) is 0 Å². The maximum atomic E-state index is 11.5. The molecule has 1 fully saturated rings. The molecule has 0 spiro atoms. The largest absolute Gasteiger partial charge is 0.422 e. The normalized spacial score (nSPS) is 20.7. The van der Waals surface area contributed by atoms with Crippen molar-refractivity contribution in [2.24, 2.45) is 0 Å². The Kier molecular flexibility index (Phi) is 3.06. The first-order valence-corrected chi connectivity index (χ1v) is 5.40. The molecule has 1 heterocycles. The van der Waals surface area contributed by atoms with Gasteiger partial charge < -0.3 is 9.47 Å². The summed E-state index contributed by atoms with van der Waals surface area (Å²) in [6.45, 7) is 0.650. The fraction of sp³-hybridized carbons (Fsp3) is 0.300. The number of benzene rings is 1. The van der Waals surface area contributed by atoms with Gasteiger partial charge in [0.25, 0.3) is 5.62 Å². The van der Waals surface area contributed by atoms with Crippen molar-refractivity contribution in [3.05, 3.63) is 35.9 Å². The summed E-state index contributed by atoms with van der Waals surface area (Å²) in [4.78, 5) is 11.5. The van der Waals surface area contributed by atoms with E-state index in [0.29, 0.717) is 12.2 Å². The Morgan fingerprint density at radius 1 is 1.43 bits per heavy atom. The molecule has 1 atom stereocenters. The second-order valence-electron chi connectivity index (χ2n) is 2.80. The van der Waals surface area contributed by atoms with Gasteiger partial charge in [-0.3, -0.25) is 0 Å². The van der Waals surface area contributed by atoms with Crippen LogP contribution in [0.3, 0.4) is 0 Å². The molecule has 0 aromatic heterocycles. The van der Waals surface area contributed by atoms with Gasteiger partial charge in [0.05, 0.1) is 12.2 Å². The predicted molar refractivity (Wildman–Crippen MR) is 54.1 cm³/mol. The lowest BCUT2D eigenvalue weighted by Crippen LogP contribution is -2.14. The second kappa shape index (κ2) is 4.48. The first-order valence-electron chi connectivity index (χ1n) is 4.35. The molecule has 74 valence electrons. The van der Waals surface area contributed by atoms with Crippen LogP contribution in [0.25, 0.3) is 0 Å². The number of rotatable bonds is 2. The van der Waals surface area contributed by atoms with Crippen molar-refractivity contribution in [3.8, 4) is 0 Å². The maximum Gasteiger partial charge on any atom is 0.341 e. The number of esters is 1. The van der Waals surface area contributed by atoms with E-state index in [4.69, 9.17) is 9.47 Å². The minimum absolute atomic E-state index is 0.329. The lowest BCUT2D eigenvalue weighted by Gasteiger charge is -2.09. The number of hydrogen-bond acceptors (Lipinski definition) is 4. The highest BCUT2D eigenvalue weighted by atomic mass is 32.2. The molecule has 1 aliphatic heterocycles. The summed E-state index contributed by atoms with van der Waals surface area (Å²) in [6.07, 6.45) is 0. The van der Waals surface area contributed by atoms with Crippen LogP contribution in [0, 0.1) is 0 Å². The fourth-order valence-corrected chi connectivity index (χ4v) is 1.87. The van der Waals surface area contributed by atoms with Crippen molar-refractivity contribution in [2.45, 2.75) is 5.62 Å². The minimum atomic E-state index is -0.428. The molecule has 1 aromatic rings. The van der Waals surface area contributed by atoms with E-state index in [0.717, 1.165) is 5.75 Å². The number of carbonyl (C=O) groups is 1. The standard InChI is InChI=1S/C10H10O3S/c11-9(8-4-2-1-3-5-8)13-10-12-6-7-14-10/h1-5,10H,6-7H2. The van der Waals surface area contributed by atoms with Crippen LogP contribution in [0.1, 0.15) is 10.4 Å². The topological polar surface area (TPSA) is 35.5 Å². The van der Waals surface area contributed by atoms with Gasteiger partial charge in [-0.15, -0.1) is 0 Å². The summed E-state index contributed by atoms with van der Waals surface area (Å²) in [6, 6.07) is 8.92. The van der Waals surface area contributed by atoms with Gasteiger partial charge >= 0.3 is 5.97 Å². The lowest BCUT2D eigenvalue weighted by molar-refractivity contribution is -0.0411. The highest BCUT2D eigenvalue weighted by molar-refractivity contribution is 7.99. The van der Waals surface area contributed by atoms with Crippen LogP contribution in [0.4, 0.5) is 0 Å². The van der Waals surface area contributed by atoms with E-state index in [-0.39, 0.29) is 5.97 Å². The molecule has 0 aliphatic carbocycles. The summed E-state index contributed by atoms with van der Waals surface area (Å²) in [5, 5.41) is 0. The van der Waals surface area contributed by atoms with E-state index in [1.807, 2.05) is 6.07 Å². The van der Waals surface area contributed by atoms with Gasteiger partial charge in [0.1, 0.15) is 0 Å². The van der Waals surface area contributed by atoms with Gasteiger partial charge in [0.15, 0.2) is 0 Å². The number of carbonyl (C=O) groups excluding carboxylic acids is 1. The Morgan fingerprint density at radius 3 is 2.86 bits per heavy atom. The average molecular weight is 210 g/mol. The molecule has 2 rings (SSSR count). The third-order valence-corrected chi connectivity index (χ3v) is 2.71. The van der Waals surface area contributed by atoms with E-state index in [1.54, 1.807) is 24.3 Å². The van der Waals surface area contributed by atoms with E-state index in [2.05, 4.69) is 0 Å². The summed E-state index contributed by atoms with van der Waals surface area (Å²) in [5.74, 6) is 0.553. The molecule has 0 bridgehead atoms. The van der Waals surface area contributed by atoms with Crippen molar-refractivity contribution in [2.75, 3.05) is 12.4 Å². The highest BCUT2D eigenvalue weighted by Gasteiger charge is 2.20. The number of hydrogen-bond donors (Lipinski definition) is 0. The third kappa shape index (κ3) is 2.27. The maximum absolute atomic E-state index is 11.5. The molecule has 3 nitrogen and oxygen atoms in total. The molecule has 0 saturated carbocycles. The second-order valence-corrected chi connectivity index (χ2v) is 3.93. The van der Waals surface area contributed by atoms with Crippen molar-refractivity contribution in [3.63, 3.8) is 0 Å². The van der Waals surface area contributed by atoms with Crippen LogP contribution in [0.2, 0.25) is 0 Å². The molecule has 0 N–H and O–H groups in total. The zero-order valence-electron chi connectivity index (χ0n) is 7.51. The Labute approximate surface area is 86.4 Å². The minimum Gasteiger partial charge on any atom is -0.422 e. The van der Waals surface area contributed by atoms with Gasteiger partial charge in [-0.25, -0.2) is 4.79 Å². The number of ether oxygens (including phenoxy) is 2. The molecule has 0 amide bonds. The van der Waals surface area contributed by atoms with Crippen LogP contribution in [-0.4, -0.2) is 24.0 Å². The Morgan fingerprint density at radius 2 is 2.21 bits per heavy atom. The summed E-state index contributed by atoms with van der Waals surface area (Å²) >= 11 is 1.50. The first kappa shape index (κ1) is 9.55. The van der Waals surface area contributed by atoms with Gasteiger partial charge in [-0.1, -0.05) is 30.0 Å². The SMILES string of the molecule is O=C(OC1OCCS1)c1ccccc1. The quantitative estimate of drug-likeness (QED) is 0.698. The van der Waals surface area contributed by atoms with Gasteiger partial charge in [-0.05, 0) is 12.1 Å². The lowest BCUT2D eigenvalue weighted by atomic mass is 10.2. The van der Waals surface area contributed by atoms with Crippen LogP contribution in [-0.2, 0) is 9.47 Å². The fourth-order valence-electron chi connectivity index (χ4n) is 1.13. The predicted octanol–water partition coefficient (Wildman–Crippen LogP) is 1.89. The molecule has 1 unspecified atom stereocenters. The highest BCUT2D eigenvalue weighted by Crippen LogP contribution is 2.21. The van der Waals surface area contributed by atoms with E-state index in [1.165, 1.54) is 11.8 Å². The van der Waals surface area contributed by atoms with Crippen molar-refractivity contribution in [1.29, 1.82) is 0 Å². The zero-order chi connectivity index (χ0) is 9.80. The van der Waals surface area contributed by atoms with Crippen LogP contribution in [0.15, 0.2) is 30.3 Å². The molecule has 0 radical (unpaired) electrons. The zero-order valence-corrected chi connectivity index (χ0v) is 8.33. The van der Waals surface area contributed by atoms with Gasteiger partial charge in [0, 0.05) is 5.75 Å². The smallest absolute Gasteiger partial charge is 0.341 e. The third-order valence-electron chi connectivity index (χ3n) is 1.80. The Balaban J connectivity index is 1.95.